The number of piperazine rings is 1. The van der Waals surface area contributed by atoms with E-state index in [4.69, 9.17) is 0 Å². The molecule has 0 aromatic heterocycles. The predicted molar refractivity (Wildman–Crippen MR) is 53.4 cm³/mol. The van der Waals surface area contributed by atoms with Crippen molar-refractivity contribution in [1.82, 2.24) is 15.3 Å². The first kappa shape index (κ1) is 8.72. The third kappa shape index (κ3) is 1.89. The van der Waals surface area contributed by atoms with Gasteiger partial charge in [0.2, 0.25) is 0 Å². The summed E-state index contributed by atoms with van der Waals surface area (Å²) in [5, 5.41) is 8.00. The highest BCUT2D eigenvalue weighted by molar-refractivity contribution is 5.61. The Hall–Kier alpha value is -0.870. The second-order valence-corrected chi connectivity index (χ2v) is 3.47. The van der Waals surface area contributed by atoms with Gasteiger partial charge in [0, 0.05) is 44.3 Å². The van der Waals surface area contributed by atoms with Crippen molar-refractivity contribution in [1.29, 1.82) is 0 Å². The van der Waals surface area contributed by atoms with Crippen LogP contribution in [0.1, 0.15) is 6.92 Å². The van der Waals surface area contributed by atoms with Gasteiger partial charge in [-0.2, -0.15) is 0 Å². The van der Waals surface area contributed by atoms with Crippen LogP contribution in [0, 0.1) is 0 Å². The fourth-order valence-corrected chi connectivity index (χ4v) is 1.77. The fourth-order valence-electron chi connectivity index (χ4n) is 1.77. The first-order valence-electron chi connectivity index (χ1n) is 4.80. The number of rotatable bonds is 1. The Labute approximate surface area is 78.9 Å². The number of nitrogens with zero attached hydrogens (tertiary/aromatic N) is 3. The van der Waals surface area contributed by atoms with Gasteiger partial charge >= 0.3 is 0 Å². The molecule has 2 heterocycles. The van der Waals surface area contributed by atoms with Crippen molar-refractivity contribution < 1.29 is 0 Å². The minimum absolute atomic E-state index is 0.574. The Morgan fingerprint density at radius 1 is 1.54 bits per heavy atom. The normalized spacial score (nSPS) is 29.6. The zero-order chi connectivity index (χ0) is 9.10. The summed E-state index contributed by atoms with van der Waals surface area (Å²) >= 11 is 0. The van der Waals surface area contributed by atoms with Gasteiger partial charge in [-0.25, -0.2) is 5.01 Å². The van der Waals surface area contributed by atoms with Crippen LogP contribution in [0.25, 0.3) is 0 Å². The molecule has 0 aliphatic carbocycles. The molecule has 0 radical (unpaired) electrons. The van der Waals surface area contributed by atoms with E-state index in [1.807, 2.05) is 18.6 Å². The van der Waals surface area contributed by atoms with Crippen molar-refractivity contribution in [3.63, 3.8) is 0 Å². The second-order valence-electron chi connectivity index (χ2n) is 3.47. The van der Waals surface area contributed by atoms with E-state index in [2.05, 4.69) is 27.3 Å². The maximum atomic E-state index is 4.06. The van der Waals surface area contributed by atoms with Crippen molar-refractivity contribution >= 4 is 6.21 Å². The van der Waals surface area contributed by atoms with E-state index >= 15 is 0 Å². The van der Waals surface area contributed by atoms with Crippen molar-refractivity contribution in [2.75, 3.05) is 26.2 Å². The lowest BCUT2D eigenvalue weighted by atomic mass is 10.2. The predicted octanol–water partition coefficient (Wildman–Crippen LogP) is 0.0527. The summed E-state index contributed by atoms with van der Waals surface area (Å²) in [6.07, 6.45) is 5.83. The van der Waals surface area contributed by atoms with Crippen LogP contribution in [0.3, 0.4) is 0 Å². The molecule has 0 bridgehead atoms. The molecule has 2 aliphatic heterocycles. The summed E-state index contributed by atoms with van der Waals surface area (Å²) in [7, 11) is 0. The lowest BCUT2D eigenvalue weighted by Gasteiger charge is -2.41. The highest BCUT2D eigenvalue weighted by Crippen LogP contribution is 2.08. The molecular weight excluding hydrogens is 164 g/mol. The van der Waals surface area contributed by atoms with Crippen LogP contribution in [0.2, 0.25) is 0 Å². The maximum absolute atomic E-state index is 4.06. The van der Waals surface area contributed by atoms with Crippen molar-refractivity contribution in [2.45, 2.75) is 13.0 Å². The highest BCUT2D eigenvalue weighted by atomic mass is 15.6. The smallest absolute Gasteiger partial charge is 0.0694 e. The Kier molecular flexibility index (Phi) is 2.61. The fraction of sp³-hybridized carbons (Fsp3) is 0.667. The minimum Gasteiger partial charge on any atom is -0.314 e. The Balaban J connectivity index is 1.98. The molecular formula is C9H16N4. The first-order valence-corrected chi connectivity index (χ1v) is 4.80. The number of hydrogen-bond acceptors (Lipinski definition) is 4. The Morgan fingerprint density at radius 2 is 2.46 bits per heavy atom. The van der Waals surface area contributed by atoms with Gasteiger partial charge in [0.15, 0.2) is 0 Å². The molecule has 0 aromatic rings. The lowest BCUT2D eigenvalue weighted by molar-refractivity contribution is -0.0161. The molecule has 4 nitrogen and oxygen atoms in total. The van der Waals surface area contributed by atoms with Crippen LogP contribution in [0.15, 0.2) is 17.4 Å². The topological polar surface area (TPSA) is 30.9 Å². The van der Waals surface area contributed by atoms with Gasteiger partial charge < -0.3 is 10.3 Å². The molecule has 1 atom stereocenters. The summed E-state index contributed by atoms with van der Waals surface area (Å²) in [6.45, 7) is 6.37. The zero-order valence-corrected chi connectivity index (χ0v) is 7.98. The molecule has 0 saturated carbocycles. The summed E-state index contributed by atoms with van der Waals surface area (Å²) in [6, 6.07) is 0.574. The third-order valence-corrected chi connectivity index (χ3v) is 2.50. The zero-order valence-electron chi connectivity index (χ0n) is 7.98. The summed E-state index contributed by atoms with van der Waals surface area (Å²) in [5.41, 5.74) is 0. The van der Waals surface area contributed by atoms with Crippen LogP contribution in [-0.2, 0) is 0 Å². The molecule has 1 saturated heterocycles. The average molecular weight is 180 g/mol. The second kappa shape index (κ2) is 3.89. The average Bonchev–Trinajstić information content (AvgIpc) is 2.20. The molecule has 0 amide bonds. The van der Waals surface area contributed by atoms with Crippen molar-refractivity contribution in [3.8, 4) is 0 Å². The standard InChI is InChI=1S/C9H16N4/c1-9-8-11-4-7-13(9)12-5-2-10-3-6-12/h2-3,5,9,11H,4,6-8H2,1H3/t9-/m1/s1. The summed E-state index contributed by atoms with van der Waals surface area (Å²) in [5.74, 6) is 0. The summed E-state index contributed by atoms with van der Waals surface area (Å²) < 4.78 is 0. The lowest BCUT2D eigenvalue weighted by Crippen LogP contribution is -2.56. The maximum Gasteiger partial charge on any atom is 0.0694 e. The number of hydrogen-bond donors (Lipinski definition) is 1. The molecule has 2 rings (SSSR count). The van der Waals surface area contributed by atoms with Gasteiger partial charge in [0.1, 0.15) is 0 Å². The molecule has 13 heavy (non-hydrogen) atoms. The van der Waals surface area contributed by atoms with E-state index in [1.165, 1.54) is 0 Å². The van der Waals surface area contributed by atoms with Gasteiger partial charge in [-0.15, -0.1) is 0 Å². The first-order chi connectivity index (χ1) is 6.38. The van der Waals surface area contributed by atoms with E-state index in [-0.39, 0.29) is 0 Å². The van der Waals surface area contributed by atoms with Crippen molar-refractivity contribution in [2.24, 2.45) is 4.99 Å². The number of aliphatic imine (C=N–C) groups is 1. The van der Waals surface area contributed by atoms with E-state index < -0.39 is 0 Å². The highest BCUT2D eigenvalue weighted by Gasteiger charge is 2.21. The van der Waals surface area contributed by atoms with Crippen LogP contribution in [-0.4, -0.2) is 48.5 Å². The SMILES string of the molecule is C[C@@H]1CNCCN1N1C=CN=CC1. The molecule has 4 heteroatoms. The van der Waals surface area contributed by atoms with Gasteiger partial charge in [0.05, 0.1) is 6.54 Å². The van der Waals surface area contributed by atoms with E-state index in [9.17, 15) is 0 Å². The monoisotopic (exact) mass is 180 g/mol. The molecule has 1 fully saturated rings. The van der Waals surface area contributed by atoms with Crippen LogP contribution in [0.4, 0.5) is 0 Å². The van der Waals surface area contributed by atoms with E-state index in [0.29, 0.717) is 6.04 Å². The van der Waals surface area contributed by atoms with Gasteiger partial charge in [-0.3, -0.25) is 4.99 Å². The number of nitrogens with one attached hydrogen (secondary N) is 1. The van der Waals surface area contributed by atoms with Gasteiger partial charge in [-0.1, -0.05) is 0 Å². The van der Waals surface area contributed by atoms with E-state index in [0.717, 1.165) is 26.2 Å². The van der Waals surface area contributed by atoms with Gasteiger partial charge in [0.25, 0.3) is 0 Å². The number of hydrazine groups is 1. The van der Waals surface area contributed by atoms with Crippen molar-refractivity contribution in [3.05, 3.63) is 12.4 Å². The molecule has 2 aliphatic rings. The Bertz CT molecular complexity index is 224. The largest absolute Gasteiger partial charge is 0.314 e. The molecule has 0 unspecified atom stereocenters. The molecule has 0 aromatic carbocycles. The van der Waals surface area contributed by atoms with Crippen LogP contribution < -0.4 is 5.32 Å². The van der Waals surface area contributed by atoms with Crippen LogP contribution in [0.5, 0.6) is 0 Å². The third-order valence-electron chi connectivity index (χ3n) is 2.50. The molecule has 1 N–H and O–H groups in total. The molecule has 72 valence electrons. The molecule has 0 spiro atoms. The minimum atomic E-state index is 0.574. The van der Waals surface area contributed by atoms with Gasteiger partial charge in [-0.05, 0) is 6.92 Å². The van der Waals surface area contributed by atoms with Crippen LogP contribution >= 0.6 is 0 Å². The quantitative estimate of drug-likeness (QED) is 0.618. The summed E-state index contributed by atoms with van der Waals surface area (Å²) in [4.78, 5) is 4.06. The van der Waals surface area contributed by atoms with E-state index in [1.54, 1.807) is 0 Å². The Morgan fingerprint density at radius 3 is 3.15 bits per heavy atom.